The second-order valence-corrected chi connectivity index (χ2v) is 19.3. The number of oxazole rings is 1. The van der Waals surface area contributed by atoms with Gasteiger partial charge in [-0.25, -0.2) is 19.9 Å². The van der Waals surface area contributed by atoms with Gasteiger partial charge in [0.15, 0.2) is 12.0 Å². The highest BCUT2D eigenvalue weighted by molar-refractivity contribution is 7.16. The molecule has 14 nitrogen and oxygen atoms in total. The molecule has 0 N–H and O–H groups in total. The molecule has 15 heteroatoms. The highest BCUT2D eigenvalue weighted by Crippen LogP contribution is 2.25. The number of azo groups is 1. The molecule has 8 aromatic heterocycles. The molecule has 0 unspecified atom stereocenters. The van der Waals surface area contributed by atoms with Crippen LogP contribution in [0.1, 0.15) is 184 Å². The number of hydrogen-bond donors (Lipinski definition) is 0. The molecule has 18 rings (SSSR count). The number of aromatic nitrogens is 8. The minimum Gasteiger partial charge on any atom is -0.491 e. The third-order valence-electron chi connectivity index (χ3n) is 12.9. The normalized spacial score (nSPS) is 10.6. The number of nitrogens with zero attached hydrogens (tertiary/aromatic N) is 11. The molecule has 0 fully saturated rings. The molecule has 0 amide bonds. The lowest BCUT2D eigenvalue weighted by Gasteiger charge is -1.93. The van der Waals surface area contributed by atoms with Crippen LogP contribution < -0.4 is 4.74 Å². The SMILES string of the molecule is C1=Cc2ccccc2C1.C1=Nc2ccccc2C1.CC.CC.CC.CC.CC.CC.CC.CC.CC.CC.c1cc2c(cn1)OCC2.c1ccc2ncccc2c1.c1ccc2ocnc2c1.c1ccc2scnc2c1.c1cnc2c(c1)CCC2.c1cnc2c(c1)N=NC2.c1ncc2ccoc2n1. The smallest absolute Gasteiger partial charge is 0.228 e. The maximum atomic E-state index is 5.24. The van der Waals surface area contributed by atoms with Gasteiger partial charge in [0, 0.05) is 66.7 Å². The molecule has 0 atom stereocenters. The molecule has 0 bridgehead atoms. The van der Waals surface area contributed by atoms with Crippen LogP contribution in [0.25, 0.3) is 49.4 Å². The molecule has 0 saturated carbocycles. The zero-order valence-electron chi connectivity index (χ0n) is 64.9. The molecule has 5 aliphatic rings. The number of pyridine rings is 4. The number of hydrogen-bond acceptors (Lipinski definition) is 15. The van der Waals surface area contributed by atoms with Gasteiger partial charge in [0.05, 0.1) is 57.1 Å². The van der Waals surface area contributed by atoms with E-state index < -0.39 is 0 Å². The van der Waals surface area contributed by atoms with Gasteiger partial charge in [-0.3, -0.25) is 24.9 Å². The zero-order valence-corrected chi connectivity index (χ0v) is 65.7. The van der Waals surface area contributed by atoms with Gasteiger partial charge in [-0.05, 0) is 121 Å². The topological polar surface area (TPSA) is 176 Å². The number of rotatable bonds is 0. The lowest BCUT2D eigenvalue weighted by atomic mass is 10.1. The van der Waals surface area contributed by atoms with Gasteiger partial charge in [0.1, 0.15) is 29.8 Å². The summed E-state index contributed by atoms with van der Waals surface area (Å²) in [5, 5.41) is 9.82. The Morgan fingerprint density at radius 2 is 1.02 bits per heavy atom. The molecular formula is C87H117N11O3S. The molecule has 0 saturated heterocycles. The first kappa shape index (κ1) is 91.8. The Kier molecular flexibility index (Phi) is 56.6. The van der Waals surface area contributed by atoms with Gasteiger partial charge in [-0.2, -0.15) is 10.2 Å². The molecule has 544 valence electrons. The minimum absolute atomic E-state index is 0.644. The Hall–Kier alpha value is -10.2. The highest BCUT2D eigenvalue weighted by atomic mass is 32.1. The molecular weight excluding hydrogens is 1280 g/mol. The number of aliphatic imine (C=N–C) groups is 1. The van der Waals surface area contributed by atoms with E-state index in [4.69, 9.17) is 13.6 Å². The van der Waals surface area contributed by atoms with Crippen molar-refractivity contribution in [2.75, 3.05) is 6.61 Å². The minimum atomic E-state index is 0.644. The second-order valence-electron chi connectivity index (χ2n) is 18.4. The number of aryl methyl sites for hydroxylation is 2. The Labute approximate surface area is 616 Å². The predicted octanol–water partition coefficient (Wildman–Crippen LogP) is 26.3. The van der Waals surface area contributed by atoms with Gasteiger partial charge in [0.25, 0.3) is 0 Å². The van der Waals surface area contributed by atoms with Crippen LogP contribution in [0.5, 0.6) is 5.75 Å². The van der Waals surface area contributed by atoms with Gasteiger partial charge in [-0.15, -0.1) is 11.3 Å². The van der Waals surface area contributed by atoms with Gasteiger partial charge < -0.3 is 13.6 Å². The van der Waals surface area contributed by atoms with Crippen molar-refractivity contribution in [3.8, 4) is 5.75 Å². The van der Waals surface area contributed by atoms with Crippen LogP contribution in [0.4, 0.5) is 11.4 Å². The molecule has 2 aliphatic carbocycles. The van der Waals surface area contributed by atoms with Gasteiger partial charge in [0.2, 0.25) is 5.71 Å². The van der Waals surface area contributed by atoms with Crippen molar-refractivity contribution < 1.29 is 13.6 Å². The average Bonchev–Trinajstić information content (AvgIpc) is 1.88. The highest BCUT2D eigenvalue weighted by Gasteiger charge is 2.11. The zero-order chi connectivity index (χ0) is 75.6. The van der Waals surface area contributed by atoms with E-state index in [2.05, 4.69) is 122 Å². The summed E-state index contributed by atoms with van der Waals surface area (Å²) in [6.07, 6.45) is 28.5. The summed E-state index contributed by atoms with van der Waals surface area (Å²) in [5.41, 5.74) is 17.7. The van der Waals surface area contributed by atoms with E-state index in [-0.39, 0.29) is 0 Å². The fraction of sp³-hybridized carbons (Fsp3) is 0.322. The number of furan rings is 1. The van der Waals surface area contributed by atoms with Crippen molar-refractivity contribution in [3.05, 3.63) is 277 Å². The fourth-order valence-corrected chi connectivity index (χ4v) is 9.47. The van der Waals surface area contributed by atoms with Crippen molar-refractivity contribution in [1.29, 1.82) is 0 Å². The average molecular weight is 1400 g/mol. The summed E-state index contributed by atoms with van der Waals surface area (Å²) in [5.74, 6) is 0.956. The molecule has 102 heavy (non-hydrogen) atoms. The summed E-state index contributed by atoms with van der Waals surface area (Å²) >= 11 is 1.68. The summed E-state index contributed by atoms with van der Waals surface area (Å²) in [6, 6.07) is 56.4. The fourth-order valence-electron chi connectivity index (χ4n) is 8.79. The first-order valence-electron chi connectivity index (χ1n) is 36.8. The Bertz CT molecular complexity index is 3620. The number of allylic oxidation sites excluding steroid dienone is 1. The van der Waals surface area contributed by atoms with Crippen molar-refractivity contribution in [2.45, 2.75) is 184 Å². The third-order valence-corrected chi connectivity index (χ3v) is 13.8. The van der Waals surface area contributed by atoms with Crippen molar-refractivity contribution >= 4 is 78.3 Å². The first-order chi connectivity index (χ1) is 50.7. The van der Waals surface area contributed by atoms with Crippen molar-refractivity contribution in [1.82, 2.24) is 39.9 Å². The number of para-hydroxylation sites is 5. The summed E-state index contributed by atoms with van der Waals surface area (Å²) < 4.78 is 16.5. The largest absolute Gasteiger partial charge is 0.491 e. The summed E-state index contributed by atoms with van der Waals surface area (Å²) in [6.45, 7) is 41.5. The van der Waals surface area contributed by atoms with Crippen LogP contribution in [0.2, 0.25) is 0 Å². The van der Waals surface area contributed by atoms with Crippen LogP contribution in [-0.4, -0.2) is 52.7 Å². The molecule has 0 spiro atoms. The third kappa shape index (κ3) is 34.2. The maximum Gasteiger partial charge on any atom is 0.228 e. The quantitative estimate of drug-likeness (QED) is 0.141. The Morgan fingerprint density at radius 3 is 1.70 bits per heavy atom. The second kappa shape index (κ2) is 63.0. The van der Waals surface area contributed by atoms with Crippen molar-refractivity contribution in [2.24, 2.45) is 15.2 Å². The van der Waals surface area contributed by atoms with Crippen LogP contribution in [-0.2, 0) is 38.6 Å². The Morgan fingerprint density at radius 1 is 0.412 bits per heavy atom. The van der Waals surface area contributed by atoms with Gasteiger partial charge in [-0.1, -0.05) is 248 Å². The first-order valence-corrected chi connectivity index (χ1v) is 37.7. The molecule has 13 aromatic rings. The number of fused-ring (bicyclic) bond motifs is 9. The molecule has 5 aromatic carbocycles. The van der Waals surface area contributed by atoms with Gasteiger partial charge >= 0.3 is 0 Å². The van der Waals surface area contributed by atoms with Crippen LogP contribution >= 0.6 is 11.3 Å². The van der Waals surface area contributed by atoms with E-state index >= 15 is 0 Å². The molecule has 0 radical (unpaired) electrons. The number of thiazole rings is 1. The van der Waals surface area contributed by atoms with E-state index in [0.717, 1.165) is 76.2 Å². The van der Waals surface area contributed by atoms with E-state index in [0.29, 0.717) is 12.3 Å². The monoisotopic (exact) mass is 1400 g/mol. The summed E-state index contributed by atoms with van der Waals surface area (Å²) in [7, 11) is 0. The van der Waals surface area contributed by atoms with Crippen LogP contribution in [0.15, 0.2) is 262 Å². The Balaban J connectivity index is 0.00000109. The van der Waals surface area contributed by atoms with E-state index in [1.807, 2.05) is 278 Å². The number of benzene rings is 5. The van der Waals surface area contributed by atoms with E-state index in [9.17, 15) is 0 Å². The summed E-state index contributed by atoms with van der Waals surface area (Å²) in [4.78, 5) is 36.4. The number of ether oxygens (including phenoxy) is 1. The van der Waals surface area contributed by atoms with Crippen molar-refractivity contribution in [3.63, 3.8) is 0 Å². The van der Waals surface area contributed by atoms with Crippen LogP contribution in [0, 0.1) is 0 Å². The van der Waals surface area contributed by atoms with E-state index in [1.54, 1.807) is 42.4 Å². The van der Waals surface area contributed by atoms with E-state index in [1.165, 1.54) is 75.6 Å². The predicted molar refractivity (Wildman–Crippen MR) is 440 cm³/mol. The molecule has 3 aliphatic heterocycles. The van der Waals surface area contributed by atoms with Crippen LogP contribution in [0.3, 0.4) is 0 Å². The lowest BCUT2D eigenvalue weighted by Crippen LogP contribution is -1.85. The lowest BCUT2D eigenvalue weighted by molar-refractivity contribution is 0.355. The standard InChI is InChI=1S/C9H7N.C9H8.C8H9N.C8H7N.C7H7NO.C7H5NO.C7H5NS.C6H5N3.C6H4N2O.10C2H6/c1-2-6-9-8(4-1)5-3-7-10-9;1-2-5-9-7-3-6-8(9)4-1;1-3-7-4-2-6-9-8(7)5-1;1-2-4-8-7(3-1)5-6-9-8;1-3-8-5-7-6(1)2-4-9-7;2*1-2-4-7-6(3-1)8-5-9-7;1-2-5-6(7-3-1)4-8-9-5;1-2-9-6-5(1)3-7-4-8-6;10*1-2/h1-7H;1-6H,7H2;2,4,6H,1,3,5H2;1-4,6H,5H2;1,3,5H,2,4H2;2*1-5H;1-3H,4H2;1-4H;10*1-2H3. The maximum absolute atomic E-state index is 5.24. The molecule has 11 heterocycles.